The Kier molecular flexibility index (Phi) is 5.29. The van der Waals surface area contributed by atoms with Gasteiger partial charge in [0.1, 0.15) is 0 Å². The van der Waals surface area contributed by atoms with Gasteiger partial charge >= 0.3 is 0 Å². The van der Waals surface area contributed by atoms with Crippen LogP contribution in [-0.2, 0) is 13.0 Å². The van der Waals surface area contributed by atoms with Crippen molar-refractivity contribution in [1.29, 1.82) is 0 Å². The molecular formula is C15H19N3OS. The summed E-state index contributed by atoms with van der Waals surface area (Å²) in [6.07, 6.45) is 1.000. The van der Waals surface area contributed by atoms with E-state index in [1.165, 1.54) is 16.9 Å². The number of nitrogens with one attached hydrogen (secondary N) is 1. The van der Waals surface area contributed by atoms with E-state index in [2.05, 4.69) is 41.6 Å². The SMILES string of the molecule is CN(CCc1ccccc1)Cc1ccsc1C(=O)NN. The van der Waals surface area contributed by atoms with E-state index in [4.69, 9.17) is 5.84 Å². The van der Waals surface area contributed by atoms with Crippen LogP contribution in [-0.4, -0.2) is 24.4 Å². The molecule has 0 spiro atoms. The minimum atomic E-state index is -0.216. The molecule has 2 aromatic rings. The van der Waals surface area contributed by atoms with Crippen molar-refractivity contribution in [2.24, 2.45) is 5.84 Å². The van der Waals surface area contributed by atoms with Crippen LogP contribution in [0.15, 0.2) is 41.8 Å². The van der Waals surface area contributed by atoms with Crippen LogP contribution >= 0.6 is 11.3 Å². The third kappa shape index (κ3) is 3.90. The molecule has 0 bridgehead atoms. The van der Waals surface area contributed by atoms with Gasteiger partial charge in [-0.15, -0.1) is 11.3 Å². The Labute approximate surface area is 123 Å². The van der Waals surface area contributed by atoms with Gasteiger partial charge < -0.3 is 4.90 Å². The van der Waals surface area contributed by atoms with E-state index in [9.17, 15) is 4.79 Å². The Balaban J connectivity index is 1.90. The molecule has 1 aromatic heterocycles. The molecule has 1 amide bonds. The first-order valence-electron chi connectivity index (χ1n) is 6.50. The lowest BCUT2D eigenvalue weighted by Crippen LogP contribution is -2.30. The van der Waals surface area contributed by atoms with E-state index >= 15 is 0 Å². The summed E-state index contributed by atoms with van der Waals surface area (Å²) < 4.78 is 0. The van der Waals surface area contributed by atoms with Crippen molar-refractivity contribution in [3.8, 4) is 0 Å². The maximum Gasteiger partial charge on any atom is 0.275 e. The summed E-state index contributed by atoms with van der Waals surface area (Å²) in [5, 5.41) is 1.92. The maximum atomic E-state index is 11.6. The average Bonchev–Trinajstić information content (AvgIpc) is 2.93. The number of rotatable bonds is 6. The minimum absolute atomic E-state index is 0.216. The first kappa shape index (κ1) is 14.7. The zero-order chi connectivity index (χ0) is 14.4. The first-order valence-corrected chi connectivity index (χ1v) is 7.38. The predicted molar refractivity (Wildman–Crippen MR) is 82.5 cm³/mol. The average molecular weight is 289 g/mol. The second-order valence-corrected chi connectivity index (χ2v) is 5.64. The van der Waals surface area contributed by atoms with Crippen molar-refractivity contribution in [2.75, 3.05) is 13.6 Å². The molecule has 1 heterocycles. The summed E-state index contributed by atoms with van der Waals surface area (Å²) in [5.74, 6) is 4.97. The zero-order valence-electron chi connectivity index (χ0n) is 11.5. The van der Waals surface area contributed by atoms with Crippen molar-refractivity contribution in [2.45, 2.75) is 13.0 Å². The molecule has 0 saturated heterocycles. The lowest BCUT2D eigenvalue weighted by molar-refractivity contribution is 0.0956. The summed E-state index contributed by atoms with van der Waals surface area (Å²) in [6.45, 7) is 1.70. The van der Waals surface area contributed by atoms with Crippen LogP contribution in [0.5, 0.6) is 0 Å². The van der Waals surface area contributed by atoms with E-state index in [0.29, 0.717) is 4.88 Å². The molecule has 0 unspecified atom stereocenters. The fourth-order valence-corrected chi connectivity index (χ4v) is 2.88. The van der Waals surface area contributed by atoms with E-state index in [-0.39, 0.29) is 5.91 Å². The Bertz CT molecular complexity index is 553. The molecule has 0 saturated carbocycles. The fourth-order valence-electron chi connectivity index (χ4n) is 2.06. The quantitative estimate of drug-likeness (QED) is 0.486. The number of hydrogen-bond acceptors (Lipinski definition) is 4. The number of nitrogen functional groups attached to an aromatic ring is 1. The van der Waals surface area contributed by atoms with Crippen LogP contribution < -0.4 is 11.3 Å². The summed E-state index contributed by atoms with van der Waals surface area (Å²) in [7, 11) is 2.06. The predicted octanol–water partition coefficient (Wildman–Crippen LogP) is 2.03. The maximum absolute atomic E-state index is 11.6. The van der Waals surface area contributed by atoms with Crippen molar-refractivity contribution < 1.29 is 4.79 Å². The molecule has 0 fully saturated rings. The largest absolute Gasteiger partial charge is 0.302 e. The third-order valence-corrected chi connectivity index (χ3v) is 4.10. The number of likely N-dealkylation sites (N-methyl/N-ethyl adjacent to an activating group) is 1. The highest BCUT2D eigenvalue weighted by atomic mass is 32.1. The van der Waals surface area contributed by atoms with Crippen molar-refractivity contribution in [3.63, 3.8) is 0 Å². The molecule has 4 nitrogen and oxygen atoms in total. The number of carbonyl (C=O) groups excluding carboxylic acids is 1. The van der Waals surface area contributed by atoms with Gasteiger partial charge in [0.25, 0.3) is 5.91 Å². The minimum Gasteiger partial charge on any atom is -0.302 e. The van der Waals surface area contributed by atoms with Crippen LogP contribution in [0.4, 0.5) is 0 Å². The molecule has 2 rings (SSSR count). The number of hydrogen-bond donors (Lipinski definition) is 2. The van der Waals surface area contributed by atoms with Gasteiger partial charge in [0, 0.05) is 13.1 Å². The molecule has 0 aliphatic carbocycles. The van der Waals surface area contributed by atoms with Gasteiger partial charge in [-0.25, -0.2) is 5.84 Å². The van der Waals surface area contributed by atoms with Gasteiger partial charge in [-0.2, -0.15) is 0 Å². The van der Waals surface area contributed by atoms with Crippen LogP contribution in [0, 0.1) is 0 Å². The zero-order valence-corrected chi connectivity index (χ0v) is 12.3. The standard InChI is InChI=1S/C15H19N3OS/c1-18(9-7-12-5-3-2-4-6-12)11-13-8-10-20-14(13)15(19)17-16/h2-6,8,10H,7,9,11,16H2,1H3,(H,17,19). The second-order valence-electron chi connectivity index (χ2n) is 4.72. The van der Waals surface area contributed by atoms with Gasteiger partial charge in [-0.3, -0.25) is 10.2 Å². The normalized spacial score (nSPS) is 10.8. The van der Waals surface area contributed by atoms with Crippen LogP contribution in [0.25, 0.3) is 0 Å². The molecule has 106 valence electrons. The van der Waals surface area contributed by atoms with Gasteiger partial charge in [-0.1, -0.05) is 30.3 Å². The Morgan fingerprint density at radius 3 is 2.75 bits per heavy atom. The third-order valence-electron chi connectivity index (χ3n) is 3.15. The highest BCUT2D eigenvalue weighted by Gasteiger charge is 2.13. The molecule has 1 aromatic carbocycles. The molecule has 20 heavy (non-hydrogen) atoms. The number of thiophene rings is 1. The molecule has 0 aliphatic rings. The topological polar surface area (TPSA) is 58.4 Å². The monoisotopic (exact) mass is 289 g/mol. The lowest BCUT2D eigenvalue weighted by atomic mass is 10.1. The first-order chi connectivity index (χ1) is 9.70. The Morgan fingerprint density at radius 1 is 1.30 bits per heavy atom. The summed E-state index contributed by atoms with van der Waals surface area (Å²) in [5.41, 5.74) is 4.54. The molecule has 0 radical (unpaired) electrons. The Hall–Kier alpha value is -1.69. The van der Waals surface area contributed by atoms with Gasteiger partial charge in [-0.05, 0) is 36.0 Å². The van der Waals surface area contributed by atoms with Crippen molar-refractivity contribution >= 4 is 17.2 Å². The second kappa shape index (κ2) is 7.19. The van der Waals surface area contributed by atoms with E-state index in [1.54, 1.807) is 0 Å². The molecule has 3 N–H and O–H groups in total. The highest BCUT2D eigenvalue weighted by molar-refractivity contribution is 7.12. The van der Waals surface area contributed by atoms with Crippen molar-refractivity contribution in [1.82, 2.24) is 10.3 Å². The van der Waals surface area contributed by atoms with Crippen molar-refractivity contribution in [3.05, 3.63) is 57.8 Å². The smallest absolute Gasteiger partial charge is 0.275 e. The molecule has 0 aliphatic heterocycles. The molecule has 0 atom stereocenters. The van der Waals surface area contributed by atoms with Crippen LogP contribution in [0.1, 0.15) is 20.8 Å². The van der Waals surface area contributed by atoms with Gasteiger partial charge in [0.05, 0.1) is 4.88 Å². The number of benzene rings is 1. The summed E-state index contributed by atoms with van der Waals surface area (Å²) >= 11 is 1.42. The van der Waals surface area contributed by atoms with Crippen LogP contribution in [0.3, 0.4) is 0 Å². The number of nitrogens with two attached hydrogens (primary N) is 1. The molecule has 5 heteroatoms. The number of amides is 1. The van der Waals surface area contributed by atoms with E-state index < -0.39 is 0 Å². The number of nitrogens with zero attached hydrogens (tertiary/aromatic N) is 1. The van der Waals surface area contributed by atoms with Gasteiger partial charge in [0.2, 0.25) is 0 Å². The Morgan fingerprint density at radius 2 is 2.05 bits per heavy atom. The van der Waals surface area contributed by atoms with Crippen LogP contribution in [0.2, 0.25) is 0 Å². The van der Waals surface area contributed by atoms with E-state index in [1.807, 2.05) is 17.5 Å². The molecular weight excluding hydrogens is 270 g/mol. The summed E-state index contributed by atoms with van der Waals surface area (Å²) in [4.78, 5) is 14.5. The van der Waals surface area contributed by atoms with E-state index in [0.717, 1.165) is 25.1 Å². The fraction of sp³-hybridized carbons (Fsp3) is 0.267. The number of hydrazine groups is 1. The number of carbonyl (C=O) groups is 1. The lowest BCUT2D eigenvalue weighted by Gasteiger charge is -2.16. The summed E-state index contributed by atoms with van der Waals surface area (Å²) in [6, 6.07) is 12.4. The highest BCUT2D eigenvalue weighted by Crippen LogP contribution is 2.18. The van der Waals surface area contributed by atoms with Gasteiger partial charge in [0.15, 0.2) is 0 Å².